The first kappa shape index (κ1) is 15.8. The number of thioether (sulfide) groups is 1. The topological polar surface area (TPSA) is 32.3 Å². The largest absolute Gasteiger partial charge is 0.384 e. The summed E-state index contributed by atoms with van der Waals surface area (Å²) in [6.07, 6.45) is 0. The van der Waals surface area contributed by atoms with Crippen LogP contribution in [0.15, 0.2) is 59.5 Å². The second-order valence-corrected chi connectivity index (χ2v) is 5.90. The number of para-hydroxylation sites is 1. The highest BCUT2D eigenvalue weighted by molar-refractivity contribution is 7.99. The molecule has 0 aromatic heterocycles. The number of benzene rings is 2. The van der Waals surface area contributed by atoms with Crippen LogP contribution in [0.2, 0.25) is 0 Å². The zero-order valence-corrected chi connectivity index (χ0v) is 12.4. The van der Waals surface area contributed by atoms with Crippen LogP contribution in [0.5, 0.6) is 0 Å². The number of nitrogens with one attached hydrogen (secondary N) is 1. The van der Waals surface area contributed by atoms with Crippen LogP contribution >= 0.6 is 11.8 Å². The van der Waals surface area contributed by atoms with Gasteiger partial charge in [0.1, 0.15) is 5.60 Å². The lowest BCUT2D eigenvalue weighted by Crippen LogP contribution is -2.30. The fourth-order valence-corrected chi connectivity index (χ4v) is 2.59. The quantitative estimate of drug-likeness (QED) is 0.779. The predicted octanol–water partition coefficient (Wildman–Crippen LogP) is 4.32. The van der Waals surface area contributed by atoms with Gasteiger partial charge in [-0.2, -0.15) is 8.78 Å². The Bertz CT molecular complexity index is 575. The molecule has 0 saturated carbocycles. The standard InChI is InChI=1S/C16H17F2NOS/c1-16(20,12-7-3-2-4-8-12)11-19-13-9-5-6-10-14(13)21-15(17)18/h2-10,15,19-20H,11H2,1H3. The molecule has 0 radical (unpaired) electrons. The van der Waals surface area contributed by atoms with E-state index in [1.165, 1.54) is 0 Å². The van der Waals surface area contributed by atoms with Crippen LogP contribution in [0.3, 0.4) is 0 Å². The minimum Gasteiger partial charge on any atom is -0.384 e. The fraction of sp³-hybridized carbons (Fsp3) is 0.250. The van der Waals surface area contributed by atoms with Gasteiger partial charge >= 0.3 is 0 Å². The first-order valence-corrected chi connectivity index (χ1v) is 7.42. The van der Waals surface area contributed by atoms with Crippen molar-refractivity contribution in [2.75, 3.05) is 11.9 Å². The summed E-state index contributed by atoms with van der Waals surface area (Å²) >= 11 is 0.494. The molecular weight excluding hydrogens is 292 g/mol. The van der Waals surface area contributed by atoms with Crippen LogP contribution in [0.25, 0.3) is 0 Å². The summed E-state index contributed by atoms with van der Waals surface area (Å²) in [5, 5.41) is 13.6. The lowest BCUT2D eigenvalue weighted by molar-refractivity contribution is 0.0715. The summed E-state index contributed by atoms with van der Waals surface area (Å²) in [6, 6.07) is 16.1. The van der Waals surface area contributed by atoms with Gasteiger partial charge in [0.05, 0.1) is 0 Å². The van der Waals surface area contributed by atoms with Crippen LogP contribution < -0.4 is 5.32 Å². The molecule has 0 aliphatic heterocycles. The number of hydrogen-bond acceptors (Lipinski definition) is 3. The number of rotatable bonds is 6. The molecule has 0 amide bonds. The van der Waals surface area contributed by atoms with E-state index in [2.05, 4.69) is 5.32 Å². The van der Waals surface area contributed by atoms with Crippen molar-refractivity contribution in [3.63, 3.8) is 0 Å². The average Bonchev–Trinajstić information content (AvgIpc) is 2.47. The smallest absolute Gasteiger partial charge is 0.288 e. The minimum absolute atomic E-state index is 0.234. The molecule has 0 aliphatic rings. The minimum atomic E-state index is -2.47. The Morgan fingerprint density at radius 1 is 1.10 bits per heavy atom. The Hall–Kier alpha value is -1.59. The highest BCUT2D eigenvalue weighted by Gasteiger charge is 2.23. The van der Waals surface area contributed by atoms with Crippen molar-refractivity contribution < 1.29 is 13.9 Å². The molecule has 112 valence electrons. The number of aliphatic hydroxyl groups is 1. The molecule has 0 saturated heterocycles. The molecule has 0 spiro atoms. The highest BCUT2D eigenvalue weighted by atomic mass is 32.2. The second kappa shape index (κ2) is 6.91. The molecule has 2 aromatic carbocycles. The maximum Gasteiger partial charge on any atom is 0.288 e. The van der Waals surface area contributed by atoms with Crippen molar-refractivity contribution in [3.05, 3.63) is 60.2 Å². The van der Waals surface area contributed by atoms with Crippen molar-refractivity contribution in [2.45, 2.75) is 23.2 Å². The van der Waals surface area contributed by atoms with E-state index in [9.17, 15) is 13.9 Å². The summed E-state index contributed by atoms with van der Waals surface area (Å²) < 4.78 is 25.1. The van der Waals surface area contributed by atoms with E-state index in [1.54, 1.807) is 31.2 Å². The molecule has 0 bridgehead atoms. The van der Waals surface area contributed by atoms with Gasteiger partial charge in [-0.15, -0.1) is 0 Å². The molecule has 2 N–H and O–H groups in total. The summed E-state index contributed by atoms with van der Waals surface area (Å²) in [4.78, 5) is 0.469. The summed E-state index contributed by atoms with van der Waals surface area (Å²) in [5.41, 5.74) is 0.291. The lowest BCUT2D eigenvalue weighted by atomic mass is 9.96. The van der Waals surface area contributed by atoms with Crippen LogP contribution in [0.4, 0.5) is 14.5 Å². The van der Waals surface area contributed by atoms with Gasteiger partial charge in [-0.1, -0.05) is 54.2 Å². The van der Waals surface area contributed by atoms with E-state index in [1.807, 2.05) is 30.3 Å². The Morgan fingerprint density at radius 2 is 1.71 bits per heavy atom. The molecule has 2 rings (SSSR count). The summed E-state index contributed by atoms with van der Waals surface area (Å²) in [7, 11) is 0. The van der Waals surface area contributed by atoms with Crippen LogP contribution in [-0.2, 0) is 5.60 Å². The highest BCUT2D eigenvalue weighted by Crippen LogP contribution is 2.32. The zero-order valence-electron chi connectivity index (χ0n) is 11.6. The average molecular weight is 309 g/mol. The maximum absolute atomic E-state index is 12.5. The summed E-state index contributed by atoms with van der Waals surface area (Å²) in [6.45, 7) is 1.93. The Morgan fingerprint density at radius 3 is 2.38 bits per heavy atom. The third kappa shape index (κ3) is 4.44. The number of alkyl halides is 2. The molecular formula is C16H17F2NOS. The molecule has 0 fully saturated rings. The van der Waals surface area contributed by atoms with Crippen LogP contribution in [0, 0.1) is 0 Å². The number of hydrogen-bond donors (Lipinski definition) is 2. The Labute approximate surface area is 127 Å². The maximum atomic E-state index is 12.5. The Balaban J connectivity index is 2.09. The molecule has 5 heteroatoms. The van der Waals surface area contributed by atoms with E-state index in [-0.39, 0.29) is 6.54 Å². The van der Waals surface area contributed by atoms with Crippen molar-refractivity contribution >= 4 is 17.4 Å². The van der Waals surface area contributed by atoms with E-state index in [0.29, 0.717) is 22.3 Å². The van der Waals surface area contributed by atoms with Gasteiger partial charge in [0.15, 0.2) is 0 Å². The van der Waals surface area contributed by atoms with Crippen molar-refractivity contribution in [1.29, 1.82) is 0 Å². The van der Waals surface area contributed by atoms with E-state index in [4.69, 9.17) is 0 Å². The van der Waals surface area contributed by atoms with Crippen molar-refractivity contribution in [1.82, 2.24) is 0 Å². The van der Waals surface area contributed by atoms with Crippen molar-refractivity contribution in [3.8, 4) is 0 Å². The SMILES string of the molecule is CC(O)(CNc1ccccc1SC(F)F)c1ccccc1. The lowest BCUT2D eigenvalue weighted by Gasteiger charge is -2.25. The van der Waals surface area contributed by atoms with E-state index >= 15 is 0 Å². The number of anilines is 1. The zero-order chi connectivity index (χ0) is 15.3. The van der Waals surface area contributed by atoms with Gasteiger partial charge in [0, 0.05) is 17.1 Å². The van der Waals surface area contributed by atoms with Crippen LogP contribution in [-0.4, -0.2) is 17.4 Å². The number of halogens is 2. The molecule has 1 unspecified atom stereocenters. The monoisotopic (exact) mass is 309 g/mol. The van der Waals surface area contributed by atoms with Gasteiger partial charge in [-0.05, 0) is 24.6 Å². The molecule has 0 heterocycles. The fourth-order valence-electron chi connectivity index (χ4n) is 1.98. The van der Waals surface area contributed by atoms with Gasteiger partial charge in [-0.25, -0.2) is 0 Å². The van der Waals surface area contributed by atoms with Crippen LogP contribution in [0.1, 0.15) is 12.5 Å². The molecule has 0 aliphatic carbocycles. The van der Waals surface area contributed by atoms with Crippen molar-refractivity contribution in [2.24, 2.45) is 0 Å². The first-order valence-electron chi connectivity index (χ1n) is 6.55. The van der Waals surface area contributed by atoms with Gasteiger partial charge in [0.25, 0.3) is 5.76 Å². The second-order valence-electron chi connectivity index (χ2n) is 4.87. The third-order valence-corrected chi connectivity index (χ3v) is 3.91. The Kier molecular flexibility index (Phi) is 5.20. The molecule has 1 atom stereocenters. The molecule has 2 aromatic rings. The van der Waals surface area contributed by atoms with E-state index in [0.717, 1.165) is 5.56 Å². The van der Waals surface area contributed by atoms with Gasteiger partial charge in [-0.3, -0.25) is 0 Å². The predicted molar refractivity (Wildman–Crippen MR) is 82.8 cm³/mol. The molecule has 2 nitrogen and oxygen atoms in total. The molecule has 21 heavy (non-hydrogen) atoms. The third-order valence-electron chi connectivity index (χ3n) is 3.12. The van der Waals surface area contributed by atoms with E-state index < -0.39 is 11.4 Å². The van der Waals surface area contributed by atoms with Gasteiger partial charge < -0.3 is 10.4 Å². The summed E-state index contributed by atoms with van der Waals surface area (Å²) in [5.74, 6) is -2.47. The van der Waals surface area contributed by atoms with Gasteiger partial charge in [0.2, 0.25) is 0 Å². The first-order chi connectivity index (χ1) is 9.99. The normalized spacial score (nSPS) is 14.0.